The van der Waals surface area contributed by atoms with E-state index >= 15 is 0 Å². The zero-order valence-electron chi connectivity index (χ0n) is 9.43. The van der Waals surface area contributed by atoms with Crippen LogP contribution in [0.2, 0.25) is 0 Å². The lowest BCUT2D eigenvalue weighted by molar-refractivity contribution is -0.134. The van der Waals surface area contributed by atoms with Crippen LogP contribution in [-0.4, -0.2) is 63.0 Å². The van der Waals surface area contributed by atoms with E-state index in [2.05, 4.69) is 9.64 Å². The van der Waals surface area contributed by atoms with Crippen LogP contribution in [0, 0.1) is 0 Å². The molecule has 0 aromatic heterocycles. The number of nitrogens with zero attached hydrogens (tertiary/aromatic N) is 1. The Morgan fingerprint density at radius 2 is 2.00 bits per heavy atom. The molecule has 2 aliphatic heterocycles. The largest absolute Gasteiger partial charge is 0.466 e. The summed E-state index contributed by atoms with van der Waals surface area (Å²) in [6.45, 7) is 3.85. The molecule has 16 heavy (non-hydrogen) atoms. The first-order valence-corrected chi connectivity index (χ1v) is 5.49. The Morgan fingerprint density at radius 1 is 1.38 bits per heavy atom. The summed E-state index contributed by atoms with van der Waals surface area (Å²) < 4.78 is 15.7. The van der Waals surface area contributed by atoms with Gasteiger partial charge in [0, 0.05) is 25.7 Å². The summed E-state index contributed by atoms with van der Waals surface area (Å²) in [4.78, 5) is 13.1. The van der Waals surface area contributed by atoms with Crippen LogP contribution >= 0.6 is 0 Å². The number of likely N-dealkylation sites (tertiary alicyclic amines) is 1. The third-order valence-corrected chi connectivity index (χ3v) is 2.86. The Balaban J connectivity index is 1.76. The molecule has 2 atom stereocenters. The topological polar surface area (TPSA) is 48.0 Å². The highest BCUT2D eigenvalue weighted by Gasteiger charge is 2.35. The Labute approximate surface area is 94.9 Å². The molecule has 2 saturated heterocycles. The molecule has 0 unspecified atom stereocenters. The number of esters is 1. The minimum Gasteiger partial charge on any atom is -0.466 e. The van der Waals surface area contributed by atoms with E-state index in [4.69, 9.17) is 9.47 Å². The zero-order valence-corrected chi connectivity index (χ0v) is 9.43. The van der Waals surface area contributed by atoms with Gasteiger partial charge in [0.1, 0.15) is 0 Å². The van der Waals surface area contributed by atoms with Crippen molar-refractivity contribution in [1.29, 1.82) is 0 Å². The molecule has 0 aromatic carbocycles. The van der Waals surface area contributed by atoms with E-state index in [-0.39, 0.29) is 18.2 Å². The molecule has 0 radical (unpaired) electrons. The first kappa shape index (κ1) is 11.6. The van der Waals surface area contributed by atoms with E-state index in [1.165, 1.54) is 13.2 Å². The second-order valence-corrected chi connectivity index (χ2v) is 3.96. The first-order valence-electron chi connectivity index (χ1n) is 5.49. The van der Waals surface area contributed by atoms with Crippen LogP contribution in [0.1, 0.15) is 0 Å². The van der Waals surface area contributed by atoms with Crippen molar-refractivity contribution in [2.45, 2.75) is 12.2 Å². The van der Waals surface area contributed by atoms with Crippen molar-refractivity contribution >= 4 is 5.97 Å². The van der Waals surface area contributed by atoms with Gasteiger partial charge in [-0.15, -0.1) is 0 Å². The van der Waals surface area contributed by atoms with Crippen molar-refractivity contribution in [2.75, 3.05) is 40.0 Å². The lowest BCUT2D eigenvalue weighted by Crippen LogP contribution is -2.36. The highest BCUT2D eigenvalue weighted by Crippen LogP contribution is 2.19. The average molecular weight is 227 g/mol. The van der Waals surface area contributed by atoms with E-state index in [0.29, 0.717) is 13.2 Å². The van der Waals surface area contributed by atoms with E-state index < -0.39 is 0 Å². The van der Waals surface area contributed by atoms with Crippen LogP contribution in [0.4, 0.5) is 0 Å². The minimum atomic E-state index is -0.316. The molecular formula is C11H17NO4. The van der Waals surface area contributed by atoms with Crippen LogP contribution in [0.5, 0.6) is 0 Å². The van der Waals surface area contributed by atoms with Crippen LogP contribution in [0.3, 0.4) is 0 Å². The summed E-state index contributed by atoms with van der Waals surface area (Å²) in [5, 5.41) is 0. The van der Waals surface area contributed by atoms with Crippen molar-refractivity contribution < 1.29 is 19.0 Å². The SMILES string of the molecule is COC(=O)/C=C/CN1C[C@@H]2OCCO[C@@H]2C1. The molecule has 90 valence electrons. The normalized spacial score (nSPS) is 30.6. The van der Waals surface area contributed by atoms with Crippen LogP contribution in [-0.2, 0) is 19.0 Å². The molecule has 0 aromatic rings. The van der Waals surface area contributed by atoms with Gasteiger partial charge in [-0.05, 0) is 0 Å². The Kier molecular flexibility index (Phi) is 3.93. The smallest absolute Gasteiger partial charge is 0.330 e. The number of ether oxygens (including phenoxy) is 3. The van der Waals surface area contributed by atoms with Gasteiger partial charge in [0.05, 0.1) is 32.5 Å². The molecule has 0 spiro atoms. The second-order valence-electron chi connectivity index (χ2n) is 3.96. The maximum Gasteiger partial charge on any atom is 0.330 e. The predicted octanol–water partition coefficient (Wildman–Crippen LogP) is -0.185. The maximum absolute atomic E-state index is 10.9. The average Bonchev–Trinajstić information content (AvgIpc) is 2.71. The monoisotopic (exact) mass is 227 g/mol. The van der Waals surface area contributed by atoms with E-state index in [1.807, 2.05) is 6.08 Å². The van der Waals surface area contributed by atoms with E-state index in [0.717, 1.165) is 19.6 Å². The number of hydrogen-bond donors (Lipinski definition) is 0. The second kappa shape index (κ2) is 5.43. The van der Waals surface area contributed by atoms with Gasteiger partial charge < -0.3 is 14.2 Å². The van der Waals surface area contributed by atoms with Gasteiger partial charge >= 0.3 is 5.97 Å². The fraction of sp³-hybridized carbons (Fsp3) is 0.727. The molecule has 2 rings (SSSR count). The summed E-state index contributed by atoms with van der Waals surface area (Å²) in [5.74, 6) is -0.316. The molecule has 2 heterocycles. The third kappa shape index (κ3) is 2.81. The molecule has 0 saturated carbocycles. The fourth-order valence-corrected chi connectivity index (χ4v) is 2.05. The van der Waals surface area contributed by atoms with Crippen molar-refractivity contribution in [1.82, 2.24) is 4.90 Å². The molecular weight excluding hydrogens is 210 g/mol. The van der Waals surface area contributed by atoms with Gasteiger partial charge in [0.15, 0.2) is 0 Å². The Bertz CT molecular complexity index is 265. The van der Waals surface area contributed by atoms with Crippen LogP contribution < -0.4 is 0 Å². The number of carbonyl (C=O) groups excluding carboxylic acids is 1. The van der Waals surface area contributed by atoms with Crippen LogP contribution in [0.15, 0.2) is 12.2 Å². The highest BCUT2D eigenvalue weighted by molar-refractivity contribution is 5.81. The van der Waals surface area contributed by atoms with E-state index in [1.54, 1.807) is 0 Å². The number of methoxy groups -OCH3 is 1. The molecule has 2 aliphatic rings. The van der Waals surface area contributed by atoms with Crippen molar-refractivity contribution in [2.24, 2.45) is 0 Å². The Morgan fingerprint density at radius 3 is 2.56 bits per heavy atom. The maximum atomic E-state index is 10.9. The summed E-state index contributed by atoms with van der Waals surface area (Å²) in [6, 6.07) is 0. The lowest BCUT2D eigenvalue weighted by Gasteiger charge is -2.24. The van der Waals surface area contributed by atoms with Gasteiger partial charge in [0.25, 0.3) is 0 Å². The number of fused-ring (bicyclic) bond motifs is 1. The molecule has 2 fully saturated rings. The molecule has 0 N–H and O–H groups in total. The lowest BCUT2D eigenvalue weighted by atomic mass is 10.2. The summed E-state index contributed by atoms with van der Waals surface area (Å²) in [6.07, 6.45) is 3.65. The van der Waals surface area contributed by atoms with Crippen molar-refractivity contribution in [3.63, 3.8) is 0 Å². The van der Waals surface area contributed by atoms with Gasteiger partial charge in [-0.3, -0.25) is 4.90 Å². The molecule has 5 nitrogen and oxygen atoms in total. The first-order chi connectivity index (χ1) is 7.79. The van der Waals surface area contributed by atoms with Gasteiger partial charge in [-0.1, -0.05) is 6.08 Å². The molecule has 0 amide bonds. The summed E-state index contributed by atoms with van der Waals surface area (Å²) in [7, 11) is 1.37. The third-order valence-electron chi connectivity index (χ3n) is 2.86. The Hall–Kier alpha value is -0.910. The minimum absolute atomic E-state index is 0.195. The fourth-order valence-electron chi connectivity index (χ4n) is 2.05. The number of carbonyl (C=O) groups is 1. The predicted molar refractivity (Wildman–Crippen MR) is 57.1 cm³/mol. The molecule has 0 bridgehead atoms. The highest BCUT2D eigenvalue weighted by atomic mass is 16.6. The summed E-state index contributed by atoms with van der Waals surface area (Å²) in [5.41, 5.74) is 0. The van der Waals surface area contributed by atoms with Gasteiger partial charge in [-0.2, -0.15) is 0 Å². The van der Waals surface area contributed by atoms with Crippen molar-refractivity contribution in [3.05, 3.63) is 12.2 Å². The van der Waals surface area contributed by atoms with E-state index in [9.17, 15) is 4.79 Å². The molecule has 5 heteroatoms. The van der Waals surface area contributed by atoms with Crippen LogP contribution in [0.25, 0.3) is 0 Å². The quantitative estimate of drug-likeness (QED) is 0.494. The number of hydrogen-bond acceptors (Lipinski definition) is 5. The number of rotatable bonds is 3. The summed E-state index contributed by atoms with van der Waals surface area (Å²) >= 11 is 0. The van der Waals surface area contributed by atoms with Crippen molar-refractivity contribution in [3.8, 4) is 0 Å². The standard InChI is InChI=1S/C11H17NO4/c1-14-11(13)3-2-4-12-7-9-10(8-12)16-6-5-15-9/h2-3,9-10H,4-8H2,1H3/b3-2+/t9-,10+. The molecule has 0 aliphatic carbocycles. The van der Waals surface area contributed by atoms with Gasteiger partial charge in [0.2, 0.25) is 0 Å². The zero-order chi connectivity index (χ0) is 11.4. The van der Waals surface area contributed by atoms with Gasteiger partial charge in [-0.25, -0.2) is 4.79 Å².